The number of carbonyl (C=O) groups is 1. The molecule has 5 nitrogen and oxygen atoms in total. The molecule has 1 saturated heterocycles. The van der Waals surface area contributed by atoms with Crippen LogP contribution < -0.4 is 15.0 Å². The topological polar surface area (TPSA) is 44.8 Å². The standard InChI is InChI=1S/C23H22FN3O2/c24-21-8-4-5-9-22(21)25-23(28)27-16-14-26(15-17-27)18-10-12-20(13-11-18)29-19-6-2-1-3-7-19/h1-13H,14-17H2,(H,25,28). The first-order valence-corrected chi connectivity index (χ1v) is 9.57. The van der Waals surface area contributed by atoms with Crippen LogP contribution in [-0.4, -0.2) is 37.1 Å². The monoisotopic (exact) mass is 391 g/mol. The van der Waals surface area contributed by atoms with Crippen LogP contribution in [0.2, 0.25) is 0 Å². The summed E-state index contributed by atoms with van der Waals surface area (Å²) in [5.74, 6) is 1.15. The van der Waals surface area contributed by atoms with Crippen LogP contribution in [0.15, 0.2) is 78.9 Å². The van der Waals surface area contributed by atoms with Crippen molar-refractivity contribution >= 4 is 17.4 Å². The van der Waals surface area contributed by atoms with E-state index in [-0.39, 0.29) is 11.7 Å². The number of urea groups is 1. The highest BCUT2D eigenvalue weighted by Gasteiger charge is 2.22. The molecular formula is C23H22FN3O2. The van der Waals surface area contributed by atoms with Gasteiger partial charge in [-0.2, -0.15) is 0 Å². The van der Waals surface area contributed by atoms with E-state index >= 15 is 0 Å². The van der Waals surface area contributed by atoms with E-state index in [2.05, 4.69) is 10.2 Å². The first-order valence-electron chi connectivity index (χ1n) is 9.57. The van der Waals surface area contributed by atoms with Gasteiger partial charge in [-0.05, 0) is 48.5 Å². The summed E-state index contributed by atoms with van der Waals surface area (Å²) < 4.78 is 19.5. The predicted octanol–water partition coefficient (Wildman–Crippen LogP) is 4.97. The largest absolute Gasteiger partial charge is 0.457 e. The maximum atomic E-state index is 13.7. The minimum absolute atomic E-state index is 0.203. The fourth-order valence-electron chi connectivity index (χ4n) is 3.27. The number of ether oxygens (including phenoxy) is 1. The van der Waals surface area contributed by atoms with Gasteiger partial charge >= 0.3 is 6.03 Å². The Kier molecular flexibility index (Phi) is 5.61. The number of nitrogens with zero attached hydrogens (tertiary/aromatic N) is 2. The number of para-hydroxylation sites is 2. The minimum atomic E-state index is -0.433. The predicted molar refractivity (Wildman–Crippen MR) is 112 cm³/mol. The van der Waals surface area contributed by atoms with Gasteiger partial charge in [0, 0.05) is 31.9 Å². The smallest absolute Gasteiger partial charge is 0.322 e. The van der Waals surface area contributed by atoms with Gasteiger partial charge in [0.05, 0.1) is 5.69 Å². The summed E-state index contributed by atoms with van der Waals surface area (Å²) in [4.78, 5) is 16.3. The molecule has 4 rings (SSSR count). The van der Waals surface area contributed by atoms with Crippen LogP contribution in [0.25, 0.3) is 0 Å². The highest BCUT2D eigenvalue weighted by Crippen LogP contribution is 2.25. The molecule has 1 aliphatic rings. The maximum Gasteiger partial charge on any atom is 0.322 e. The molecule has 6 heteroatoms. The zero-order valence-electron chi connectivity index (χ0n) is 15.9. The molecule has 0 spiro atoms. The van der Waals surface area contributed by atoms with E-state index in [1.807, 2.05) is 54.6 Å². The third-order valence-corrected chi connectivity index (χ3v) is 4.86. The summed E-state index contributed by atoms with van der Waals surface area (Å²) >= 11 is 0. The quantitative estimate of drug-likeness (QED) is 0.683. The number of amides is 2. The van der Waals surface area contributed by atoms with Gasteiger partial charge in [-0.25, -0.2) is 9.18 Å². The summed E-state index contributed by atoms with van der Waals surface area (Å²) in [6, 6.07) is 23.5. The number of halogens is 1. The van der Waals surface area contributed by atoms with Crippen LogP contribution >= 0.6 is 0 Å². The van der Waals surface area contributed by atoms with Crippen LogP contribution in [0.3, 0.4) is 0 Å². The van der Waals surface area contributed by atoms with Crippen molar-refractivity contribution in [3.8, 4) is 11.5 Å². The van der Waals surface area contributed by atoms with Gasteiger partial charge in [-0.3, -0.25) is 0 Å². The van der Waals surface area contributed by atoms with Gasteiger partial charge in [0.2, 0.25) is 0 Å². The van der Waals surface area contributed by atoms with Gasteiger partial charge in [0.15, 0.2) is 0 Å². The lowest BCUT2D eigenvalue weighted by molar-refractivity contribution is 0.208. The molecule has 3 aromatic rings. The number of anilines is 2. The van der Waals surface area contributed by atoms with E-state index in [9.17, 15) is 9.18 Å². The van der Waals surface area contributed by atoms with Gasteiger partial charge in [0.1, 0.15) is 17.3 Å². The van der Waals surface area contributed by atoms with E-state index in [0.717, 1.165) is 17.2 Å². The average Bonchev–Trinajstić information content (AvgIpc) is 2.77. The Morgan fingerprint density at radius 1 is 0.793 bits per heavy atom. The lowest BCUT2D eigenvalue weighted by Crippen LogP contribution is -2.50. The van der Waals surface area contributed by atoms with Crippen molar-refractivity contribution in [2.45, 2.75) is 0 Å². The van der Waals surface area contributed by atoms with Crippen LogP contribution in [0.4, 0.5) is 20.6 Å². The molecule has 0 unspecified atom stereocenters. The Morgan fingerprint density at radius 2 is 1.41 bits per heavy atom. The molecule has 2 amide bonds. The Labute approximate surface area is 169 Å². The van der Waals surface area contributed by atoms with Crippen molar-refractivity contribution in [2.24, 2.45) is 0 Å². The van der Waals surface area contributed by atoms with Crippen molar-refractivity contribution in [3.05, 3.63) is 84.7 Å². The molecule has 148 valence electrons. The van der Waals surface area contributed by atoms with E-state index < -0.39 is 5.82 Å². The Morgan fingerprint density at radius 3 is 2.10 bits per heavy atom. The fraction of sp³-hybridized carbons (Fsp3) is 0.174. The third kappa shape index (κ3) is 4.66. The fourth-order valence-corrected chi connectivity index (χ4v) is 3.27. The Balaban J connectivity index is 1.31. The zero-order chi connectivity index (χ0) is 20.1. The van der Waals surface area contributed by atoms with Crippen molar-refractivity contribution in [1.82, 2.24) is 4.90 Å². The molecule has 0 radical (unpaired) electrons. The van der Waals surface area contributed by atoms with Crippen LogP contribution in [0.5, 0.6) is 11.5 Å². The molecule has 0 saturated carbocycles. The lowest BCUT2D eigenvalue weighted by atomic mass is 10.2. The Bertz CT molecular complexity index is 955. The Hall–Kier alpha value is -3.54. The number of hydrogen-bond acceptors (Lipinski definition) is 3. The van der Waals surface area contributed by atoms with Crippen molar-refractivity contribution in [3.63, 3.8) is 0 Å². The molecule has 0 aromatic heterocycles. The summed E-state index contributed by atoms with van der Waals surface area (Å²) in [6.07, 6.45) is 0. The molecule has 1 aliphatic heterocycles. The molecule has 1 heterocycles. The maximum absolute atomic E-state index is 13.7. The number of piperazine rings is 1. The van der Waals surface area contributed by atoms with Crippen molar-refractivity contribution in [2.75, 3.05) is 36.4 Å². The second kappa shape index (κ2) is 8.65. The number of carbonyl (C=O) groups excluding carboxylic acids is 1. The number of hydrogen-bond donors (Lipinski definition) is 1. The van der Waals surface area contributed by atoms with Gasteiger partial charge in [-0.15, -0.1) is 0 Å². The molecule has 1 fully saturated rings. The highest BCUT2D eigenvalue weighted by molar-refractivity contribution is 5.89. The summed E-state index contributed by atoms with van der Waals surface area (Å²) in [5, 5.41) is 2.64. The SMILES string of the molecule is O=C(Nc1ccccc1F)N1CCN(c2ccc(Oc3ccccc3)cc2)CC1. The first kappa shape index (κ1) is 18.8. The number of nitrogens with one attached hydrogen (secondary N) is 1. The summed E-state index contributed by atoms with van der Waals surface area (Å²) in [6.45, 7) is 2.57. The van der Waals surface area contributed by atoms with E-state index in [1.54, 1.807) is 23.1 Å². The second-order valence-corrected chi connectivity index (χ2v) is 6.79. The number of benzene rings is 3. The van der Waals surface area contributed by atoms with Gasteiger partial charge in [0.25, 0.3) is 0 Å². The van der Waals surface area contributed by atoms with E-state index in [4.69, 9.17) is 4.74 Å². The normalized spacial score (nSPS) is 13.8. The van der Waals surface area contributed by atoms with Crippen LogP contribution in [0, 0.1) is 5.82 Å². The molecule has 1 N–H and O–H groups in total. The van der Waals surface area contributed by atoms with E-state index in [0.29, 0.717) is 26.2 Å². The molecule has 0 aliphatic carbocycles. The zero-order valence-corrected chi connectivity index (χ0v) is 15.9. The lowest BCUT2D eigenvalue weighted by Gasteiger charge is -2.36. The number of rotatable bonds is 4. The second-order valence-electron chi connectivity index (χ2n) is 6.79. The van der Waals surface area contributed by atoms with E-state index in [1.165, 1.54) is 6.07 Å². The first-order chi connectivity index (χ1) is 14.2. The average molecular weight is 391 g/mol. The highest BCUT2D eigenvalue weighted by atomic mass is 19.1. The molecule has 0 bridgehead atoms. The van der Waals surface area contributed by atoms with Gasteiger partial charge in [-0.1, -0.05) is 30.3 Å². The molecule has 29 heavy (non-hydrogen) atoms. The summed E-state index contributed by atoms with van der Waals surface area (Å²) in [5.41, 5.74) is 1.29. The van der Waals surface area contributed by atoms with Crippen LogP contribution in [0.1, 0.15) is 0 Å². The molecule has 0 atom stereocenters. The molecule has 3 aromatic carbocycles. The summed E-state index contributed by atoms with van der Waals surface area (Å²) in [7, 11) is 0. The van der Waals surface area contributed by atoms with Crippen molar-refractivity contribution < 1.29 is 13.9 Å². The third-order valence-electron chi connectivity index (χ3n) is 4.86. The minimum Gasteiger partial charge on any atom is -0.457 e. The van der Waals surface area contributed by atoms with Crippen LogP contribution in [-0.2, 0) is 0 Å². The van der Waals surface area contributed by atoms with Crippen molar-refractivity contribution in [1.29, 1.82) is 0 Å². The molecular weight excluding hydrogens is 369 g/mol. The van der Waals surface area contributed by atoms with Gasteiger partial charge < -0.3 is 19.9 Å².